The van der Waals surface area contributed by atoms with E-state index in [1.807, 2.05) is 0 Å². The minimum absolute atomic E-state index is 0.324. The van der Waals surface area contributed by atoms with Crippen molar-refractivity contribution in [3.8, 4) is 5.75 Å². The molecule has 0 radical (unpaired) electrons. The highest BCUT2D eigenvalue weighted by atomic mass is 79.9. The molecule has 1 atom stereocenters. The average molecular weight is 376 g/mol. The zero-order chi connectivity index (χ0) is 15.5. The zero-order valence-electron chi connectivity index (χ0n) is 12.5. The highest BCUT2D eigenvalue weighted by Gasteiger charge is 2.27. The van der Waals surface area contributed by atoms with Gasteiger partial charge in [0.05, 0.1) is 16.5 Å². The maximum atomic E-state index is 12.8. The van der Waals surface area contributed by atoms with Crippen molar-refractivity contribution < 1.29 is 13.2 Å². The third kappa shape index (κ3) is 3.79. The van der Waals surface area contributed by atoms with E-state index < -0.39 is 10.0 Å². The summed E-state index contributed by atoms with van der Waals surface area (Å²) < 4.78 is 32.9. The van der Waals surface area contributed by atoms with Gasteiger partial charge in [0.1, 0.15) is 5.75 Å². The molecule has 1 unspecified atom stereocenters. The fourth-order valence-electron chi connectivity index (χ4n) is 2.74. The number of benzene rings is 1. The molecule has 0 N–H and O–H groups in total. The van der Waals surface area contributed by atoms with Crippen LogP contribution in [0, 0.1) is 5.92 Å². The molecule has 4 nitrogen and oxygen atoms in total. The number of methoxy groups -OCH3 is 1. The number of ether oxygens (including phenoxy) is 1. The molecular weight excluding hydrogens is 354 g/mol. The number of nitrogens with zero attached hydrogens (tertiary/aromatic N) is 1. The molecule has 0 saturated carbocycles. The van der Waals surface area contributed by atoms with Crippen molar-refractivity contribution in [1.29, 1.82) is 0 Å². The zero-order valence-corrected chi connectivity index (χ0v) is 14.9. The van der Waals surface area contributed by atoms with Gasteiger partial charge in [0, 0.05) is 13.1 Å². The lowest BCUT2D eigenvalue weighted by Crippen LogP contribution is -2.32. The van der Waals surface area contributed by atoms with Gasteiger partial charge in [-0.3, -0.25) is 0 Å². The quantitative estimate of drug-likeness (QED) is 0.806. The summed E-state index contributed by atoms with van der Waals surface area (Å²) in [4.78, 5) is 0.324. The number of halogens is 1. The lowest BCUT2D eigenvalue weighted by molar-refractivity contribution is 0.405. The van der Waals surface area contributed by atoms with Crippen LogP contribution in [0.1, 0.15) is 32.6 Å². The SMILES string of the molecule is CCC1CCCN(S(=O)(=O)c2ccc(OC)c(Br)c2)CC1. The third-order valence-corrected chi connectivity index (χ3v) is 6.66. The molecule has 1 aromatic rings. The Hall–Kier alpha value is -0.590. The maximum absolute atomic E-state index is 12.8. The fourth-order valence-corrected chi connectivity index (χ4v) is 4.96. The summed E-state index contributed by atoms with van der Waals surface area (Å²) in [7, 11) is -1.85. The van der Waals surface area contributed by atoms with E-state index in [4.69, 9.17) is 4.74 Å². The van der Waals surface area contributed by atoms with E-state index in [0.29, 0.717) is 34.1 Å². The van der Waals surface area contributed by atoms with Crippen LogP contribution in [-0.2, 0) is 10.0 Å². The first-order valence-electron chi connectivity index (χ1n) is 7.32. The Labute approximate surface area is 135 Å². The Bertz CT molecular complexity index is 589. The van der Waals surface area contributed by atoms with Crippen molar-refractivity contribution in [3.63, 3.8) is 0 Å². The normalized spacial score (nSPS) is 21.0. The second kappa shape index (κ2) is 7.11. The van der Waals surface area contributed by atoms with E-state index >= 15 is 0 Å². The molecule has 0 aromatic heterocycles. The smallest absolute Gasteiger partial charge is 0.243 e. The molecule has 1 aliphatic rings. The topological polar surface area (TPSA) is 46.6 Å². The van der Waals surface area contributed by atoms with E-state index in [9.17, 15) is 8.42 Å². The van der Waals surface area contributed by atoms with Gasteiger partial charge in [0.2, 0.25) is 10.0 Å². The Morgan fingerprint density at radius 1 is 1.33 bits per heavy atom. The first-order chi connectivity index (χ1) is 9.98. The second-order valence-corrected chi connectivity index (χ2v) is 8.20. The molecule has 1 aliphatic heterocycles. The van der Waals surface area contributed by atoms with E-state index in [2.05, 4.69) is 22.9 Å². The van der Waals surface area contributed by atoms with Gasteiger partial charge in [-0.25, -0.2) is 8.42 Å². The van der Waals surface area contributed by atoms with Crippen molar-refractivity contribution in [1.82, 2.24) is 4.31 Å². The predicted octanol–water partition coefficient (Wildman–Crippen LogP) is 3.66. The first-order valence-corrected chi connectivity index (χ1v) is 9.56. The first kappa shape index (κ1) is 16.8. The van der Waals surface area contributed by atoms with Gasteiger partial charge < -0.3 is 4.74 Å². The molecule has 0 aliphatic carbocycles. The van der Waals surface area contributed by atoms with E-state index in [0.717, 1.165) is 25.7 Å². The van der Waals surface area contributed by atoms with Crippen molar-refractivity contribution >= 4 is 26.0 Å². The monoisotopic (exact) mass is 375 g/mol. The molecule has 2 rings (SSSR count). The summed E-state index contributed by atoms with van der Waals surface area (Å²) in [6, 6.07) is 4.92. The highest BCUT2D eigenvalue weighted by molar-refractivity contribution is 9.10. The van der Waals surface area contributed by atoms with Crippen molar-refractivity contribution in [2.75, 3.05) is 20.2 Å². The van der Waals surface area contributed by atoms with Gasteiger partial charge in [-0.05, 0) is 59.3 Å². The number of hydrogen-bond donors (Lipinski definition) is 0. The van der Waals surface area contributed by atoms with Crippen LogP contribution in [-0.4, -0.2) is 32.9 Å². The third-order valence-electron chi connectivity index (χ3n) is 4.15. The molecule has 0 amide bonds. The average Bonchev–Trinajstić information content (AvgIpc) is 2.72. The van der Waals surface area contributed by atoms with Crippen LogP contribution in [0.2, 0.25) is 0 Å². The van der Waals surface area contributed by atoms with Crippen LogP contribution >= 0.6 is 15.9 Å². The lowest BCUT2D eigenvalue weighted by atomic mass is 9.98. The van der Waals surface area contributed by atoms with Gasteiger partial charge in [-0.15, -0.1) is 0 Å². The van der Waals surface area contributed by atoms with Crippen LogP contribution in [0.5, 0.6) is 5.75 Å². The molecular formula is C15H22BrNO3S. The van der Waals surface area contributed by atoms with Crippen LogP contribution in [0.3, 0.4) is 0 Å². The number of hydrogen-bond acceptors (Lipinski definition) is 3. The molecule has 1 fully saturated rings. The fraction of sp³-hybridized carbons (Fsp3) is 0.600. The van der Waals surface area contributed by atoms with Gasteiger partial charge in [-0.2, -0.15) is 4.31 Å². The minimum atomic E-state index is -3.42. The summed E-state index contributed by atoms with van der Waals surface area (Å²) in [6.07, 6.45) is 4.14. The molecule has 1 heterocycles. The number of rotatable bonds is 4. The van der Waals surface area contributed by atoms with Crippen molar-refractivity contribution in [3.05, 3.63) is 22.7 Å². The minimum Gasteiger partial charge on any atom is -0.496 e. The van der Waals surface area contributed by atoms with Crippen LogP contribution in [0.4, 0.5) is 0 Å². The highest BCUT2D eigenvalue weighted by Crippen LogP contribution is 2.30. The summed E-state index contributed by atoms with van der Waals surface area (Å²) in [6.45, 7) is 3.41. The Balaban J connectivity index is 2.23. The molecule has 118 valence electrons. The van der Waals surface area contributed by atoms with Gasteiger partial charge in [0.25, 0.3) is 0 Å². The lowest BCUT2D eigenvalue weighted by Gasteiger charge is -2.20. The molecule has 1 aromatic carbocycles. The van der Waals surface area contributed by atoms with Crippen LogP contribution in [0.15, 0.2) is 27.6 Å². The standard InChI is InChI=1S/C15H22BrNO3S/c1-3-12-5-4-9-17(10-8-12)21(18,19)13-6-7-15(20-2)14(16)11-13/h6-7,11-12H,3-5,8-10H2,1-2H3. The number of sulfonamides is 1. The van der Waals surface area contributed by atoms with Crippen LogP contribution < -0.4 is 4.74 Å². The van der Waals surface area contributed by atoms with Gasteiger partial charge in [0.15, 0.2) is 0 Å². The summed E-state index contributed by atoms with van der Waals surface area (Å²) in [5, 5.41) is 0. The summed E-state index contributed by atoms with van der Waals surface area (Å²) >= 11 is 3.35. The molecule has 6 heteroatoms. The van der Waals surface area contributed by atoms with Crippen molar-refractivity contribution in [2.24, 2.45) is 5.92 Å². The van der Waals surface area contributed by atoms with E-state index in [1.54, 1.807) is 29.6 Å². The summed E-state index contributed by atoms with van der Waals surface area (Å²) in [5.74, 6) is 1.28. The molecule has 1 saturated heterocycles. The van der Waals surface area contributed by atoms with E-state index in [1.165, 1.54) is 0 Å². The Morgan fingerprint density at radius 3 is 2.71 bits per heavy atom. The molecule has 21 heavy (non-hydrogen) atoms. The summed E-state index contributed by atoms with van der Waals surface area (Å²) in [5.41, 5.74) is 0. The Morgan fingerprint density at radius 2 is 2.10 bits per heavy atom. The molecule has 0 bridgehead atoms. The maximum Gasteiger partial charge on any atom is 0.243 e. The molecule has 0 spiro atoms. The van der Waals surface area contributed by atoms with Gasteiger partial charge >= 0.3 is 0 Å². The second-order valence-electron chi connectivity index (χ2n) is 5.41. The largest absolute Gasteiger partial charge is 0.496 e. The van der Waals surface area contributed by atoms with E-state index in [-0.39, 0.29) is 0 Å². The Kier molecular flexibility index (Phi) is 5.68. The van der Waals surface area contributed by atoms with Crippen molar-refractivity contribution in [2.45, 2.75) is 37.5 Å². The predicted molar refractivity (Wildman–Crippen MR) is 87.1 cm³/mol. The van der Waals surface area contributed by atoms with Gasteiger partial charge in [-0.1, -0.05) is 13.3 Å². The van der Waals surface area contributed by atoms with Crippen LogP contribution in [0.25, 0.3) is 0 Å².